The molecule has 0 aliphatic carbocycles. The van der Waals surface area contributed by atoms with E-state index in [1.54, 1.807) is 0 Å². The zero-order valence-electron chi connectivity index (χ0n) is 7.96. The molecule has 4 nitrogen and oxygen atoms in total. The van der Waals surface area contributed by atoms with Gasteiger partial charge in [-0.3, -0.25) is 9.59 Å². The quantitative estimate of drug-likeness (QED) is 0.373. The minimum absolute atomic E-state index is 0.392. The Morgan fingerprint density at radius 3 is 2.57 bits per heavy atom. The summed E-state index contributed by atoms with van der Waals surface area (Å²) < 4.78 is 0. The normalized spacial score (nSPS) is 11.9. The van der Waals surface area contributed by atoms with E-state index < -0.39 is 17.2 Å². The number of hydrogen-bond acceptors (Lipinski definition) is 3. The lowest BCUT2D eigenvalue weighted by atomic mass is 10.1. The number of nitrogens with two attached hydrogens (primary N) is 1. The van der Waals surface area contributed by atoms with E-state index in [1.807, 2.05) is 0 Å². The van der Waals surface area contributed by atoms with Crippen molar-refractivity contribution in [3.63, 3.8) is 0 Å². The maximum atomic E-state index is 10.9. The van der Waals surface area contributed by atoms with Crippen molar-refractivity contribution < 1.29 is 9.59 Å². The fourth-order valence-electron chi connectivity index (χ4n) is 0.966. The van der Waals surface area contributed by atoms with E-state index in [4.69, 9.17) is 17.3 Å². The summed E-state index contributed by atoms with van der Waals surface area (Å²) in [7, 11) is 0. The summed E-state index contributed by atoms with van der Waals surface area (Å²) in [5.74, 6) is -0.392. The van der Waals surface area contributed by atoms with E-state index in [0.717, 1.165) is 18.9 Å². The van der Waals surface area contributed by atoms with Crippen molar-refractivity contribution in [2.24, 2.45) is 5.73 Å². The van der Waals surface area contributed by atoms with Gasteiger partial charge in [0.05, 0.1) is 0 Å². The molecule has 0 aromatic rings. The topological polar surface area (TPSA) is 72.2 Å². The second-order valence-electron chi connectivity index (χ2n) is 2.85. The lowest BCUT2D eigenvalue weighted by molar-refractivity contribution is -0.121. The fraction of sp³-hybridized carbons (Fsp3) is 0.556. The molecule has 0 unspecified atom stereocenters. The van der Waals surface area contributed by atoms with Crippen LogP contribution in [0.3, 0.4) is 0 Å². The molecule has 0 radical (unpaired) electrons. The summed E-state index contributed by atoms with van der Waals surface area (Å²) in [5, 5.41) is 1.89. The number of hydrogen-bond donors (Lipinski definition) is 2. The second kappa shape index (κ2) is 7.53. The highest BCUT2D eigenvalue weighted by atomic mass is 35.5. The Bertz CT molecular complexity index is 219. The summed E-state index contributed by atoms with van der Waals surface area (Å²) in [6.45, 7) is 3.85. The highest BCUT2D eigenvalue weighted by Crippen LogP contribution is 2.03. The molecule has 0 aliphatic rings. The van der Waals surface area contributed by atoms with E-state index in [-0.39, 0.29) is 0 Å². The molecule has 0 bridgehead atoms. The molecule has 1 atom stereocenters. The van der Waals surface area contributed by atoms with Gasteiger partial charge >= 0.3 is 0 Å². The SMILES string of the molecule is C=CC(=O)N[C@@H](CCCCN)C(=O)Cl. The van der Waals surface area contributed by atoms with Crippen LogP contribution in [0, 0.1) is 0 Å². The third kappa shape index (κ3) is 5.72. The molecule has 1 amide bonds. The van der Waals surface area contributed by atoms with E-state index in [0.29, 0.717) is 13.0 Å². The van der Waals surface area contributed by atoms with Crippen LogP contribution in [0.2, 0.25) is 0 Å². The zero-order chi connectivity index (χ0) is 11.0. The molecule has 0 saturated carbocycles. The number of rotatable bonds is 7. The zero-order valence-corrected chi connectivity index (χ0v) is 8.72. The number of halogens is 1. The molecular weight excluding hydrogens is 204 g/mol. The van der Waals surface area contributed by atoms with E-state index in [2.05, 4.69) is 11.9 Å². The first kappa shape index (κ1) is 13.1. The van der Waals surface area contributed by atoms with Crippen LogP contribution in [-0.2, 0) is 9.59 Å². The van der Waals surface area contributed by atoms with Gasteiger partial charge in [0.25, 0.3) is 0 Å². The van der Waals surface area contributed by atoms with Gasteiger partial charge in [-0.1, -0.05) is 6.58 Å². The Balaban J connectivity index is 3.96. The van der Waals surface area contributed by atoms with Crippen LogP contribution in [0.15, 0.2) is 12.7 Å². The van der Waals surface area contributed by atoms with Crippen molar-refractivity contribution in [2.75, 3.05) is 6.54 Å². The van der Waals surface area contributed by atoms with Crippen molar-refractivity contribution in [1.29, 1.82) is 0 Å². The first-order valence-corrected chi connectivity index (χ1v) is 4.82. The molecule has 0 rings (SSSR count). The predicted octanol–water partition coefficient (Wildman–Crippen LogP) is 0.552. The average Bonchev–Trinajstić information content (AvgIpc) is 2.16. The van der Waals surface area contributed by atoms with Gasteiger partial charge in [0.15, 0.2) is 0 Å². The van der Waals surface area contributed by atoms with Crippen molar-refractivity contribution in [2.45, 2.75) is 25.3 Å². The van der Waals surface area contributed by atoms with Gasteiger partial charge in [0.1, 0.15) is 6.04 Å². The van der Waals surface area contributed by atoms with Gasteiger partial charge in [-0.15, -0.1) is 0 Å². The number of unbranched alkanes of at least 4 members (excludes halogenated alkanes) is 1. The molecule has 3 N–H and O–H groups in total. The molecule has 5 heteroatoms. The molecule has 0 aromatic carbocycles. The average molecular weight is 219 g/mol. The summed E-state index contributed by atoms with van der Waals surface area (Å²) in [6, 6.07) is -0.631. The Hall–Kier alpha value is -0.870. The van der Waals surface area contributed by atoms with Crippen LogP contribution in [0.1, 0.15) is 19.3 Å². The molecule has 0 fully saturated rings. The molecule has 14 heavy (non-hydrogen) atoms. The van der Waals surface area contributed by atoms with E-state index in [9.17, 15) is 9.59 Å². The van der Waals surface area contributed by atoms with Crippen molar-refractivity contribution in [1.82, 2.24) is 5.32 Å². The highest BCUT2D eigenvalue weighted by molar-refractivity contribution is 6.64. The summed E-state index contributed by atoms with van der Waals surface area (Å²) in [6.07, 6.45) is 3.19. The number of carbonyl (C=O) groups excluding carboxylic acids is 2. The highest BCUT2D eigenvalue weighted by Gasteiger charge is 2.16. The number of carbonyl (C=O) groups is 2. The maximum Gasteiger partial charge on any atom is 0.244 e. The first-order valence-electron chi connectivity index (χ1n) is 4.44. The van der Waals surface area contributed by atoms with Gasteiger partial charge in [0, 0.05) is 0 Å². The molecule has 0 heterocycles. The van der Waals surface area contributed by atoms with Crippen molar-refractivity contribution >= 4 is 22.8 Å². The molecule has 0 aliphatic heterocycles. The Morgan fingerprint density at radius 1 is 1.50 bits per heavy atom. The van der Waals surface area contributed by atoms with Gasteiger partial charge in [-0.25, -0.2) is 0 Å². The third-order valence-electron chi connectivity index (χ3n) is 1.72. The third-order valence-corrected chi connectivity index (χ3v) is 1.99. The first-order chi connectivity index (χ1) is 6.61. The van der Waals surface area contributed by atoms with Crippen LogP contribution >= 0.6 is 11.6 Å². The molecular formula is C9H15ClN2O2. The molecule has 0 spiro atoms. The monoisotopic (exact) mass is 218 g/mol. The van der Waals surface area contributed by atoms with Crippen LogP contribution in [0.5, 0.6) is 0 Å². The predicted molar refractivity (Wildman–Crippen MR) is 55.9 cm³/mol. The van der Waals surface area contributed by atoms with Gasteiger partial charge in [-0.2, -0.15) is 0 Å². The lowest BCUT2D eigenvalue weighted by Crippen LogP contribution is -2.37. The Kier molecular flexibility index (Phi) is 7.06. The lowest BCUT2D eigenvalue weighted by Gasteiger charge is -2.12. The minimum atomic E-state index is -0.631. The standard InChI is InChI=1S/C9H15ClN2O2/c1-2-8(13)12-7(9(10)14)5-3-4-6-11/h2,7H,1,3-6,11H2,(H,12,13)/t7-/m0/s1. The van der Waals surface area contributed by atoms with Gasteiger partial charge < -0.3 is 11.1 Å². The van der Waals surface area contributed by atoms with Crippen molar-refractivity contribution in [3.05, 3.63) is 12.7 Å². The largest absolute Gasteiger partial charge is 0.341 e. The van der Waals surface area contributed by atoms with Crippen LogP contribution < -0.4 is 11.1 Å². The summed E-state index contributed by atoms with van der Waals surface area (Å²) in [5.41, 5.74) is 5.30. The van der Waals surface area contributed by atoms with Crippen LogP contribution in [-0.4, -0.2) is 23.7 Å². The van der Waals surface area contributed by atoms with Crippen LogP contribution in [0.25, 0.3) is 0 Å². The molecule has 0 saturated heterocycles. The number of amides is 1. The Labute approximate surface area is 88.5 Å². The van der Waals surface area contributed by atoms with E-state index in [1.165, 1.54) is 0 Å². The van der Waals surface area contributed by atoms with Crippen LogP contribution in [0.4, 0.5) is 0 Å². The smallest absolute Gasteiger partial charge is 0.244 e. The maximum absolute atomic E-state index is 10.9. The molecule has 0 aromatic heterocycles. The van der Waals surface area contributed by atoms with Gasteiger partial charge in [-0.05, 0) is 43.5 Å². The fourth-order valence-corrected chi connectivity index (χ4v) is 1.13. The number of nitrogens with one attached hydrogen (secondary N) is 1. The Morgan fingerprint density at radius 2 is 2.14 bits per heavy atom. The summed E-state index contributed by atoms with van der Waals surface area (Å²) in [4.78, 5) is 21.8. The summed E-state index contributed by atoms with van der Waals surface area (Å²) >= 11 is 5.30. The minimum Gasteiger partial charge on any atom is -0.341 e. The second-order valence-corrected chi connectivity index (χ2v) is 3.23. The van der Waals surface area contributed by atoms with Crippen molar-refractivity contribution in [3.8, 4) is 0 Å². The molecule has 80 valence electrons. The van der Waals surface area contributed by atoms with E-state index >= 15 is 0 Å². The van der Waals surface area contributed by atoms with Gasteiger partial charge in [0.2, 0.25) is 11.1 Å².